The van der Waals surface area contributed by atoms with Crippen molar-refractivity contribution in [3.63, 3.8) is 0 Å². The fourth-order valence-corrected chi connectivity index (χ4v) is 2.29. The number of nitrogen functional groups attached to an aromatic ring is 1. The average molecular weight is 288 g/mol. The van der Waals surface area contributed by atoms with Crippen molar-refractivity contribution < 1.29 is 4.74 Å². The molecule has 0 radical (unpaired) electrons. The van der Waals surface area contributed by atoms with Crippen LogP contribution in [-0.2, 0) is 0 Å². The Morgan fingerprint density at radius 2 is 1.95 bits per heavy atom. The number of hydrogen-bond donors (Lipinski definition) is 1. The van der Waals surface area contributed by atoms with Gasteiger partial charge >= 0.3 is 0 Å². The lowest BCUT2D eigenvalue weighted by Gasteiger charge is -2.04. The van der Waals surface area contributed by atoms with Gasteiger partial charge in [0, 0.05) is 11.8 Å². The molecule has 3 rings (SSSR count). The number of pyridine rings is 1. The maximum Gasteiger partial charge on any atom is 0.139 e. The standard InChI is InChI=1S/C15H14ClN3O/c1-2-20-12-6-3-10(4-7-12)14-15(17)19-9-11(16)5-8-13(19)18-14/h3-9H,2,17H2,1H3. The van der Waals surface area contributed by atoms with Gasteiger partial charge in [-0.05, 0) is 43.3 Å². The highest BCUT2D eigenvalue weighted by Gasteiger charge is 2.11. The topological polar surface area (TPSA) is 52.5 Å². The normalized spacial score (nSPS) is 10.9. The van der Waals surface area contributed by atoms with Crippen LogP contribution in [0.3, 0.4) is 0 Å². The number of anilines is 1. The van der Waals surface area contributed by atoms with E-state index in [1.165, 1.54) is 0 Å². The van der Waals surface area contributed by atoms with Crippen molar-refractivity contribution in [2.75, 3.05) is 12.3 Å². The fraction of sp³-hybridized carbons (Fsp3) is 0.133. The Hall–Kier alpha value is -2.20. The summed E-state index contributed by atoms with van der Waals surface area (Å²) >= 11 is 5.98. The molecule has 5 heteroatoms. The monoisotopic (exact) mass is 287 g/mol. The lowest BCUT2D eigenvalue weighted by Crippen LogP contribution is -1.94. The molecule has 4 nitrogen and oxygen atoms in total. The van der Waals surface area contributed by atoms with E-state index in [4.69, 9.17) is 22.1 Å². The van der Waals surface area contributed by atoms with Crippen LogP contribution in [0.5, 0.6) is 5.75 Å². The van der Waals surface area contributed by atoms with E-state index in [1.807, 2.05) is 37.3 Å². The van der Waals surface area contributed by atoms with Gasteiger partial charge < -0.3 is 10.5 Å². The van der Waals surface area contributed by atoms with Crippen molar-refractivity contribution in [2.45, 2.75) is 6.92 Å². The molecule has 0 aliphatic heterocycles. The first-order valence-corrected chi connectivity index (χ1v) is 6.73. The minimum atomic E-state index is 0.576. The van der Waals surface area contributed by atoms with Crippen molar-refractivity contribution in [3.05, 3.63) is 47.6 Å². The van der Waals surface area contributed by atoms with Crippen molar-refractivity contribution in [3.8, 4) is 17.0 Å². The zero-order chi connectivity index (χ0) is 14.1. The Morgan fingerprint density at radius 3 is 2.65 bits per heavy atom. The van der Waals surface area contributed by atoms with E-state index in [0.717, 1.165) is 22.7 Å². The van der Waals surface area contributed by atoms with Gasteiger partial charge in [0.25, 0.3) is 0 Å². The van der Waals surface area contributed by atoms with Crippen molar-refractivity contribution in [2.24, 2.45) is 0 Å². The number of nitrogens with two attached hydrogens (primary N) is 1. The van der Waals surface area contributed by atoms with Gasteiger partial charge in [-0.25, -0.2) is 4.98 Å². The van der Waals surface area contributed by atoms with E-state index in [0.29, 0.717) is 17.4 Å². The highest BCUT2D eigenvalue weighted by Crippen LogP contribution is 2.28. The number of aromatic nitrogens is 2. The van der Waals surface area contributed by atoms with E-state index < -0.39 is 0 Å². The quantitative estimate of drug-likeness (QED) is 0.800. The van der Waals surface area contributed by atoms with Crippen LogP contribution in [-0.4, -0.2) is 16.0 Å². The predicted octanol–water partition coefficient (Wildman–Crippen LogP) is 3.64. The van der Waals surface area contributed by atoms with Crippen molar-refractivity contribution >= 4 is 23.1 Å². The summed E-state index contributed by atoms with van der Waals surface area (Å²) in [5.74, 6) is 1.41. The molecule has 0 saturated heterocycles. The molecule has 0 unspecified atom stereocenters. The van der Waals surface area contributed by atoms with Crippen LogP contribution in [0.15, 0.2) is 42.6 Å². The molecule has 0 spiro atoms. The highest BCUT2D eigenvalue weighted by atomic mass is 35.5. The van der Waals surface area contributed by atoms with Crippen LogP contribution < -0.4 is 10.5 Å². The van der Waals surface area contributed by atoms with Gasteiger partial charge in [-0.15, -0.1) is 0 Å². The molecule has 0 saturated carbocycles. The maximum absolute atomic E-state index is 6.15. The molecule has 1 aromatic carbocycles. The van der Waals surface area contributed by atoms with E-state index in [9.17, 15) is 0 Å². The minimum Gasteiger partial charge on any atom is -0.494 e. The number of imidazole rings is 1. The van der Waals surface area contributed by atoms with Crippen LogP contribution in [0, 0.1) is 0 Å². The Morgan fingerprint density at radius 1 is 1.20 bits per heavy atom. The maximum atomic E-state index is 6.15. The largest absolute Gasteiger partial charge is 0.494 e. The third kappa shape index (κ3) is 2.18. The SMILES string of the molecule is CCOc1ccc(-c2nc3ccc(Cl)cn3c2N)cc1. The van der Waals surface area contributed by atoms with Gasteiger partial charge in [-0.1, -0.05) is 11.6 Å². The molecule has 2 aromatic heterocycles. The molecule has 0 aliphatic rings. The van der Waals surface area contributed by atoms with Gasteiger partial charge in [0.1, 0.15) is 22.9 Å². The molecule has 20 heavy (non-hydrogen) atoms. The number of nitrogens with zero attached hydrogens (tertiary/aromatic N) is 2. The summed E-state index contributed by atoms with van der Waals surface area (Å²) < 4.78 is 7.21. The van der Waals surface area contributed by atoms with E-state index in [1.54, 1.807) is 16.7 Å². The average Bonchev–Trinajstić information content (AvgIpc) is 2.77. The summed E-state index contributed by atoms with van der Waals surface area (Å²) in [6, 6.07) is 11.4. The number of ether oxygens (including phenoxy) is 1. The second-order valence-corrected chi connectivity index (χ2v) is 4.81. The summed E-state index contributed by atoms with van der Waals surface area (Å²) in [6.07, 6.45) is 1.76. The first-order valence-electron chi connectivity index (χ1n) is 6.35. The van der Waals surface area contributed by atoms with Crippen LogP contribution in [0.25, 0.3) is 16.9 Å². The van der Waals surface area contributed by atoms with E-state index in [2.05, 4.69) is 4.98 Å². The Bertz CT molecular complexity index is 750. The van der Waals surface area contributed by atoms with Crippen LogP contribution in [0.1, 0.15) is 6.92 Å². The summed E-state index contributed by atoms with van der Waals surface area (Å²) in [6.45, 7) is 2.60. The molecule has 3 aromatic rings. The molecule has 0 atom stereocenters. The predicted molar refractivity (Wildman–Crippen MR) is 81.2 cm³/mol. The molecular weight excluding hydrogens is 274 g/mol. The van der Waals surface area contributed by atoms with Crippen LogP contribution >= 0.6 is 11.6 Å². The lowest BCUT2D eigenvalue weighted by molar-refractivity contribution is 0.340. The number of benzene rings is 1. The zero-order valence-electron chi connectivity index (χ0n) is 11.0. The summed E-state index contributed by atoms with van der Waals surface area (Å²) in [5, 5.41) is 0.625. The first-order chi connectivity index (χ1) is 9.69. The molecule has 0 fully saturated rings. The first kappa shape index (κ1) is 12.8. The summed E-state index contributed by atoms with van der Waals surface area (Å²) in [5.41, 5.74) is 8.62. The Balaban J connectivity index is 2.07. The van der Waals surface area contributed by atoms with Gasteiger partial charge in [-0.2, -0.15) is 0 Å². The molecular formula is C15H14ClN3O. The Labute approximate surface area is 121 Å². The molecule has 102 valence electrons. The van der Waals surface area contributed by atoms with E-state index in [-0.39, 0.29) is 0 Å². The van der Waals surface area contributed by atoms with E-state index >= 15 is 0 Å². The number of halogens is 1. The van der Waals surface area contributed by atoms with Gasteiger partial charge in [0.15, 0.2) is 0 Å². The third-order valence-electron chi connectivity index (χ3n) is 3.06. The zero-order valence-corrected chi connectivity index (χ0v) is 11.8. The van der Waals surface area contributed by atoms with Crippen molar-refractivity contribution in [1.82, 2.24) is 9.38 Å². The number of fused-ring (bicyclic) bond motifs is 1. The fourth-order valence-electron chi connectivity index (χ4n) is 2.13. The van der Waals surface area contributed by atoms with Crippen LogP contribution in [0.2, 0.25) is 5.02 Å². The summed E-state index contributed by atoms with van der Waals surface area (Å²) in [7, 11) is 0. The van der Waals surface area contributed by atoms with Gasteiger partial charge in [0.2, 0.25) is 0 Å². The highest BCUT2D eigenvalue weighted by molar-refractivity contribution is 6.30. The second-order valence-electron chi connectivity index (χ2n) is 4.38. The smallest absolute Gasteiger partial charge is 0.139 e. The molecule has 2 heterocycles. The lowest BCUT2D eigenvalue weighted by atomic mass is 10.1. The van der Waals surface area contributed by atoms with Gasteiger partial charge in [-0.3, -0.25) is 4.40 Å². The van der Waals surface area contributed by atoms with Crippen LogP contribution in [0.4, 0.5) is 5.82 Å². The molecule has 0 aliphatic carbocycles. The summed E-state index contributed by atoms with van der Waals surface area (Å²) in [4.78, 5) is 4.54. The second kappa shape index (κ2) is 5.06. The number of rotatable bonds is 3. The Kier molecular flexibility index (Phi) is 3.24. The van der Waals surface area contributed by atoms with Gasteiger partial charge in [0.05, 0.1) is 11.6 Å². The molecule has 0 amide bonds. The third-order valence-corrected chi connectivity index (χ3v) is 3.28. The molecule has 2 N–H and O–H groups in total. The number of hydrogen-bond acceptors (Lipinski definition) is 3. The van der Waals surface area contributed by atoms with Crippen molar-refractivity contribution in [1.29, 1.82) is 0 Å². The molecule has 0 bridgehead atoms. The minimum absolute atomic E-state index is 0.576.